The molecule has 5 nitrogen and oxygen atoms in total. The van der Waals surface area contributed by atoms with E-state index in [1.807, 2.05) is 13.1 Å². The lowest BCUT2D eigenvalue weighted by Crippen LogP contribution is -2.41. The molecule has 3 rings (SSSR count). The minimum Gasteiger partial charge on any atom is -0.496 e. The van der Waals surface area contributed by atoms with E-state index < -0.39 is 0 Å². The number of benzene rings is 1. The maximum absolute atomic E-state index is 5.61. The number of likely N-dealkylation sites (tertiary alicyclic amines) is 1. The van der Waals surface area contributed by atoms with Crippen molar-refractivity contribution in [1.29, 1.82) is 0 Å². The van der Waals surface area contributed by atoms with Crippen molar-refractivity contribution in [2.45, 2.75) is 26.3 Å². The van der Waals surface area contributed by atoms with Gasteiger partial charge in [0.15, 0.2) is 5.96 Å². The van der Waals surface area contributed by atoms with Crippen LogP contribution in [-0.4, -0.2) is 51.3 Å². The maximum atomic E-state index is 5.61. The Kier molecular flexibility index (Phi) is 4.76. The van der Waals surface area contributed by atoms with Crippen LogP contribution in [0.15, 0.2) is 23.2 Å². The third-order valence-electron chi connectivity index (χ3n) is 5.04. The first-order valence-corrected chi connectivity index (χ1v) is 8.33. The van der Waals surface area contributed by atoms with Crippen molar-refractivity contribution in [3.8, 4) is 5.75 Å². The van der Waals surface area contributed by atoms with Gasteiger partial charge in [0.25, 0.3) is 0 Å². The van der Waals surface area contributed by atoms with Gasteiger partial charge >= 0.3 is 0 Å². The van der Waals surface area contributed by atoms with Crippen molar-refractivity contribution >= 4 is 5.96 Å². The third-order valence-corrected chi connectivity index (χ3v) is 5.04. The summed E-state index contributed by atoms with van der Waals surface area (Å²) in [5.41, 5.74) is 2.75. The number of methoxy groups -OCH3 is 1. The van der Waals surface area contributed by atoms with E-state index >= 15 is 0 Å². The molecule has 2 aliphatic heterocycles. The summed E-state index contributed by atoms with van der Waals surface area (Å²) in [7, 11) is 3.57. The quantitative estimate of drug-likeness (QED) is 0.686. The fourth-order valence-electron chi connectivity index (χ4n) is 3.65. The molecule has 126 valence electrons. The summed E-state index contributed by atoms with van der Waals surface area (Å²) in [5.74, 6) is 1.92. The van der Waals surface area contributed by atoms with Gasteiger partial charge in [-0.15, -0.1) is 0 Å². The zero-order chi connectivity index (χ0) is 16.3. The Balaban J connectivity index is 1.59. The van der Waals surface area contributed by atoms with Crippen molar-refractivity contribution in [2.75, 3.05) is 40.5 Å². The van der Waals surface area contributed by atoms with Crippen molar-refractivity contribution < 1.29 is 9.47 Å². The highest BCUT2D eigenvalue weighted by Gasteiger charge is 2.42. The monoisotopic (exact) mass is 317 g/mol. The Morgan fingerprint density at radius 3 is 2.96 bits per heavy atom. The van der Waals surface area contributed by atoms with Gasteiger partial charge in [-0.3, -0.25) is 4.99 Å². The summed E-state index contributed by atoms with van der Waals surface area (Å²) in [6, 6.07) is 6.29. The van der Waals surface area contributed by atoms with Gasteiger partial charge in [0, 0.05) is 38.7 Å². The summed E-state index contributed by atoms with van der Waals surface area (Å²) in [6.07, 6.45) is 2.38. The number of aliphatic imine (C=N–C) groups is 1. The SMILES string of the molecule is CN=C(NCc1ccc(OC)c(C)c1)N1CCC2(CCOC2)C1. The first-order valence-electron chi connectivity index (χ1n) is 8.33. The van der Waals surface area contributed by atoms with Crippen molar-refractivity contribution in [2.24, 2.45) is 10.4 Å². The van der Waals surface area contributed by atoms with Crippen LogP contribution < -0.4 is 10.1 Å². The summed E-state index contributed by atoms with van der Waals surface area (Å²) in [4.78, 5) is 6.83. The second-order valence-corrected chi connectivity index (χ2v) is 6.68. The van der Waals surface area contributed by atoms with E-state index in [1.54, 1.807) is 7.11 Å². The molecule has 0 radical (unpaired) electrons. The van der Waals surface area contributed by atoms with Crippen LogP contribution in [0.5, 0.6) is 5.75 Å². The Hall–Kier alpha value is -1.75. The van der Waals surface area contributed by atoms with Crippen molar-refractivity contribution in [1.82, 2.24) is 10.2 Å². The van der Waals surface area contributed by atoms with E-state index in [0.717, 1.165) is 50.1 Å². The molecule has 0 saturated carbocycles. The standard InChI is InChI=1S/C18H27N3O2/c1-14-10-15(4-5-16(14)22-3)11-20-17(19-2)21-8-6-18(12-21)7-9-23-13-18/h4-5,10H,6-9,11-13H2,1-3H3,(H,19,20). The molecule has 1 spiro atoms. The molecule has 2 aliphatic rings. The zero-order valence-electron chi connectivity index (χ0n) is 14.4. The molecule has 1 N–H and O–H groups in total. The van der Waals surface area contributed by atoms with Gasteiger partial charge in [-0.25, -0.2) is 0 Å². The molecule has 1 aromatic rings. The summed E-state index contributed by atoms with van der Waals surface area (Å²) >= 11 is 0. The maximum Gasteiger partial charge on any atom is 0.193 e. The lowest BCUT2D eigenvalue weighted by molar-refractivity contribution is 0.156. The Bertz CT molecular complexity index is 580. The van der Waals surface area contributed by atoms with Gasteiger partial charge < -0.3 is 19.7 Å². The summed E-state index contributed by atoms with van der Waals surface area (Å²) in [6.45, 7) is 6.77. The fraction of sp³-hybridized carbons (Fsp3) is 0.611. The number of nitrogens with zero attached hydrogens (tertiary/aromatic N) is 2. The molecule has 2 saturated heterocycles. The fourth-order valence-corrected chi connectivity index (χ4v) is 3.65. The molecular weight excluding hydrogens is 290 g/mol. The Labute approximate surface area is 138 Å². The number of guanidine groups is 1. The molecule has 1 unspecified atom stereocenters. The predicted molar refractivity (Wildman–Crippen MR) is 92.0 cm³/mol. The van der Waals surface area contributed by atoms with Gasteiger partial charge in [-0.05, 0) is 37.0 Å². The van der Waals surface area contributed by atoms with Gasteiger partial charge in [-0.2, -0.15) is 0 Å². The number of rotatable bonds is 3. The molecule has 1 aromatic carbocycles. The largest absolute Gasteiger partial charge is 0.496 e. The van der Waals surface area contributed by atoms with Crippen LogP contribution in [0.25, 0.3) is 0 Å². The van der Waals surface area contributed by atoms with Crippen LogP contribution in [0.1, 0.15) is 24.0 Å². The van der Waals surface area contributed by atoms with Gasteiger partial charge in [0.2, 0.25) is 0 Å². The second kappa shape index (κ2) is 6.79. The van der Waals surface area contributed by atoms with Gasteiger partial charge in [-0.1, -0.05) is 12.1 Å². The molecule has 0 aromatic heterocycles. The minimum absolute atomic E-state index is 0.355. The van der Waals surface area contributed by atoms with E-state index in [-0.39, 0.29) is 0 Å². The zero-order valence-corrected chi connectivity index (χ0v) is 14.4. The number of hydrogen-bond acceptors (Lipinski definition) is 3. The van der Waals surface area contributed by atoms with Gasteiger partial charge in [0.1, 0.15) is 5.75 Å². The van der Waals surface area contributed by atoms with Crippen LogP contribution in [-0.2, 0) is 11.3 Å². The minimum atomic E-state index is 0.355. The van der Waals surface area contributed by atoms with Crippen LogP contribution in [0, 0.1) is 12.3 Å². The molecule has 1 atom stereocenters. The lowest BCUT2D eigenvalue weighted by Gasteiger charge is -2.25. The second-order valence-electron chi connectivity index (χ2n) is 6.68. The summed E-state index contributed by atoms with van der Waals surface area (Å²) in [5, 5.41) is 3.49. The summed E-state index contributed by atoms with van der Waals surface area (Å²) < 4.78 is 10.9. The first-order chi connectivity index (χ1) is 11.2. The molecule has 0 aliphatic carbocycles. The van der Waals surface area contributed by atoms with Crippen LogP contribution in [0.3, 0.4) is 0 Å². The Morgan fingerprint density at radius 2 is 2.30 bits per heavy atom. The van der Waals surface area contributed by atoms with Crippen LogP contribution >= 0.6 is 0 Å². The average molecular weight is 317 g/mol. The number of hydrogen-bond donors (Lipinski definition) is 1. The van der Waals surface area contributed by atoms with Crippen molar-refractivity contribution in [3.63, 3.8) is 0 Å². The highest BCUT2D eigenvalue weighted by Crippen LogP contribution is 2.38. The van der Waals surface area contributed by atoms with E-state index in [0.29, 0.717) is 5.41 Å². The van der Waals surface area contributed by atoms with Crippen LogP contribution in [0.2, 0.25) is 0 Å². The van der Waals surface area contributed by atoms with E-state index in [9.17, 15) is 0 Å². The molecular formula is C18H27N3O2. The van der Waals surface area contributed by atoms with Gasteiger partial charge in [0.05, 0.1) is 13.7 Å². The molecule has 23 heavy (non-hydrogen) atoms. The normalized spacial score (nSPS) is 24.5. The number of aryl methyl sites for hydroxylation is 1. The molecule has 0 amide bonds. The highest BCUT2D eigenvalue weighted by atomic mass is 16.5. The third kappa shape index (κ3) is 3.44. The van der Waals surface area contributed by atoms with E-state index in [1.165, 1.54) is 18.4 Å². The van der Waals surface area contributed by atoms with Crippen LogP contribution in [0.4, 0.5) is 0 Å². The smallest absolute Gasteiger partial charge is 0.193 e. The Morgan fingerprint density at radius 1 is 1.43 bits per heavy atom. The number of nitrogens with one attached hydrogen (secondary N) is 1. The lowest BCUT2D eigenvalue weighted by atomic mass is 9.87. The predicted octanol–water partition coefficient (Wildman–Crippen LogP) is 2.19. The molecule has 2 heterocycles. The highest BCUT2D eigenvalue weighted by molar-refractivity contribution is 5.80. The molecule has 5 heteroatoms. The first kappa shape index (κ1) is 16.1. The van der Waals surface area contributed by atoms with Crippen molar-refractivity contribution in [3.05, 3.63) is 29.3 Å². The number of ether oxygens (including phenoxy) is 2. The molecule has 2 fully saturated rings. The van der Waals surface area contributed by atoms with E-state index in [4.69, 9.17) is 9.47 Å². The average Bonchev–Trinajstić information content (AvgIpc) is 3.19. The topological polar surface area (TPSA) is 46.1 Å². The molecule has 0 bridgehead atoms. The van der Waals surface area contributed by atoms with E-state index in [2.05, 4.69) is 34.3 Å².